The molecule has 0 aromatic heterocycles. The average Bonchev–Trinajstić information content (AvgIpc) is 2.71. The molecule has 0 aliphatic heterocycles. The summed E-state index contributed by atoms with van der Waals surface area (Å²) in [5.41, 5.74) is 2.94. The summed E-state index contributed by atoms with van der Waals surface area (Å²) in [4.78, 5) is 26.1. The van der Waals surface area contributed by atoms with Crippen molar-refractivity contribution in [3.63, 3.8) is 0 Å². The van der Waals surface area contributed by atoms with Crippen molar-refractivity contribution in [2.24, 2.45) is 0 Å². The second-order valence-corrected chi connectivity index (χ2v) is 6.58. The summed E-state index contributed by atoms with van der Waals surface area (Å²) in [5, 5.41) is 18.5. The van der Waals surface area contributed by atoms with Crippen LogP contribution in [0.15, 0.2) is 36.4 Å². The predicted molar refractivity (Wildman–Crippen MR) is 107 cm³/mol. The van der Waals surface area contributed by atoms with E-state index in [1.165, 1.54) is 0 Å². The van der Waals surface area contributed by atoms with E-state index in [9.17, 15) is 14.7 Å². The molecule has 0 saturated heterocycles. The Morgan fingerprint density at radius 1 is 0.963 bits per heavy atom. The van der Waals surface area contributed by atoms with Crippen molar-refractivity contribution in [3.05, 3.63) is 58.7 Å². The smallest absolute Gasteiger partial charge is 0.196 e. The van der Waals surface area contributed by atoms with Gasteiger partial charge >= 0.3 is 0 Å². The number of aliphatic hydroxyl groups excluding tert-OH is 1. The number of hydrogen-bond acceptors (Lipinski definition) is 6. The first-order valence-electron chi connectivity index (χ1n) is 8.83. The van der Waals surface area contributed by atoms with E-state index in [0.717, 1.165) is 6.42 Å². The number of aliphatic hydroxyl groups is 1. The number of carbonyl (C=O) groups excluding carboxylic acids is 2. The van der Waals surface area contributed by atoms with Gasteiger partial charge in [-0.05, 0) is 25.1 Å². The number of carbonyl (C=O) groups is 2. The lowest BCUT2D eigenvalue weighted by atomic mass is 9.82. The Morgan fingerprint density at radius 3 is 2.15 bits per heavy atom. The summed E-state index contributed by atoms with van der Waals surface area (Å²) >= 11 is 5.54. The van der Waals surface area contributed by atoms with Crippen LogP contribution in [0, 0.1) is 0 Å². The van der Waals surface area contributed by atoms with Gasteiger partial charge in [0.1, 0.15) is 6.23 Å². The Kier molecular flexibility index (Phi) is 6.11. The van der Waals surface area contributed by atoms with E-state index >= 15 is 0 Å². The normalized spacial score (nSPS) is 13.7. The van der Waals surface area contributed by atoms with Gasteiger partial charge in [-0.3, -0.25) is 14.9 Å². The highest BCUT2D eigenvalue weighted by molar-refractivity contribution is 6.31. The lowest BCUT2D eigenvalue weighted by Gasteiger charge is -2.23. The molecule has 0 bridgehead atoms. The summed E-state index contributed by atoms with van der Waals surface area (Å²) in [7, 11) is 1.73. The summed E-state index contributed by atoms with van der Waals surface area (Å²) in [6.45, 7) is 1.16. The molecule has 6 nitrogen and oxygen atoms in total. The van der Waals surface area contributed by atoms with Crippen LogP contribution in [0.2, 0.25) is 0 Å². The fraction of sp³-hybridized carbons (Fsp3) is 0.300. The Bertz CT molecular complexity index is 870. The number of rotatable bonds is 8. The molecule has 0 heterocycles. The van der Waals surface area contributed by atoms with Gasteiger partial charge in [0.05, 0.1) is 17.0 Å². The Labute approximate surface area is 162 Å². The molecular weight excluding hydrogens is 366 g/mol. The standard InChI is InChI=1S/C20H22ClN3O3/c1-22-14-7-8-15(23-9-4-10-24-16(25)11-21)18-17(14)19(26)12-5-2-3-6-13(12)20(18)27/h2-3,5-8,16,22-25H,4,9-11H2,1H3. The second-order valence-electron chi connectivity index (χ2n) is 6.27. The van der Waals surface area contributed by atoms with E-state index in [-0.39, 0.29) is 17.4 Å². The highest BCUT2D eigenvalue weighted by Gasteiger charge is 2.33. The monoisotopic (exact) mass is 387 g/mol. The average molecular weight is 388 g/mol. The maximum Gasteiger partial charge on any atom is 0.196 e. The van der Waals surface area contributed by atoms with E-state index in [0.29, 0.717) is 46.7 Å². The molecule has 0 radical (unpaired) electrons. The summed E-state index contributed by atoms with van der Waals surface area (Å²) < 4.78 is 0. The number of halogens is 1. The number of hydrogen-bond donors (Lipinski definition) is 4. The summed E-state index contributed by atoms with van der Waals surface area (Å²) in [5.74, 6) is -0.182. The fourth-order valence-corrected chi connectivity index (χ4v) is 3.32. The first kappa shape index (κ1) is 19.4. The van der Waals surface area contributed by atoms with Crippen LogP contribution in [-0.4, -0.2) is 48.9 Å². The molecule has 0 amide bonds. The Hall–Kier alpha value is -2.41. The molecule has 2 aromatic carbocycles. The number of nitrogens with one attached hydrogen (secondary N) is 3. The zero-order valence-corrected chi connectivity index (χ0v) is 15.8. The number of fused-ring (bicyclic) bond motifs is 2. The Morgan fingerprint density at radius 2 is 1.56 bits per heavy atom. The topological polar surface area (TPSA) is 90.5 Å². The largest absolute Gasteiger partial charge is 0.388 e. The lowest BCUT2D eigenvalue weighted by molar-refractivity contribution is 0.0980. The van der Waals surface area contributed by atoms with E-state index < -0.39 is 6.23 Å². The predicted octanol–water partition coefficient (Wildman–Crippen LogP) is 2.45. The SMILES string of the molecule is CNc1ccc(NCCCNC(O)CCl)c2c1C(=O)c1ccccc1C2=O. The van der Waals surface area contributed by atoms with E-state index in [1.54, 1.807) is 37.4 Å². The van der Waals surface area contributed by atoms with E-state index in [4.69, 9.17) is 11.6 Å². The van der Waals surface area contributed by atoms with Crippen molar-refractivity contribution in [1.29, 1.82) is 0 Å². The third kappa shape index (κ3) is 3.83. The molecule has 1 atom stereocenters. The third-order valence-corrected chi connectivity index (χ3v) is 4.83. The van der Waals surface area contributed by atoms with Crippen LogP contribution >= 0.6 is 11.6 Å². The molecule has 0 fully saturated rings. The van der Waals surface area contributed by atoms with Gasteiger partial charge in [-0.2, -0.15) is 0 Å². The highest BCUT2D eigenvalue weighted by atomic mass is 35.5. The molecule has 1 unspecified atom stereocenters. The highest BCUT2D eigenvalue weighted by Crippen LogP contribution is 2.36. The fourth-order valence-electron chi connectivity index (χ4n) is 3.21. The van der Waals surface area contributed by atoms with Crippen molar-refractivity contribution in [2.75, 3.05) is 36.7 Å². The Balaban J connectivity index is 1.86. The van der Waals surface area contributed by atoms with Gasteiger partial charge < -0.3 is 15.7 Å². The number of anilines is 2. The summed E-state index contributed by atoms with van der Waals surface area (Å²) in [6.07, 6.45) is -0.0140. The molecule has 2 aromatic rings. The zero-order valence-electron chi connectivity index (χ0n) is 15.0. The molecule has 1 aliphatic carbocycles. The second kappa shape index (κ2) is 8.52. The molecule has 1 aliphatic rings. The lowest BCUT2D eigenvalue weighted by Crippen LogP contribution is -2.31. The van der Waals surface area contributed by atoms with Gasteiger partial charge in [0, 0.05) is 36.1 Å². The zero-order chi connectivity index (χ0) is 19.4. The van der Waals surface area contributed by atoms with Gasteiger partial charge in [-0.15, -0.1) is 11.6 Å². The molecule has 0 spiro atoms. The molecule has 27 heavy (non-hydrogen) atoms. The molecule has 3 rings (SSSR count). The van der Waals surface area contributed by atoms with Crippen molar-refractivity contribution < 1.29 is 14.7 Å². The van der Waals surface area contributed by atoms with Crippen molar-refractivity contribution in [2.45, 2.75) is 12.6 Å². The van der Waals surface area contributed by atoms with Crippen LogP contribution in [-0.2, 0) is 0 Å². The molecule has 0 saturated carbocycles. The quantitative estimate of drug-likeness (QED) is 0.270. The van der Waals surface area contributed by atoms with Crippen LogP contribution in [0.3, 0.4) is 0 Å². The molecule has 142 valence electrons. The maximum atomic E-state index is 13.1. The minimum atomic E-state index is -0.731. The number of benzene rings is 2. The molecular formula is C20H22ClN3O3. The van der Waals surface area contributed by atoms with Crippen LogP contribution in [0.5, 0.6) is 0 Å². The number of alkyl halides is 1. The van der Waals surface area contributed by atoms with Crippen molar-refractivity contribution in [3.8, 4) is 0 Å². The first-order valence-corrected chi connectivity index (χ1v) is 9.36. The van der Waals surface area contributed by atoms with Crippen LogP contribution in [0.1, 0.15) is 38.3 Å². The third-order valence-electron chi connectivity index (χ3n) is 4.54. The van der Waals surface area contributed by atoms with Gasteiger partial charge in [0.15, 0.2) is 11.6 Å². The first-order chi connectivity index (χ1) is 13.1. The van der Waals surface area contributed by atoms with Crippen molar-refractivity contribution in [1.82, 2.24) is 5.32 Å². The van der Waals surface area contributed by atoms with Crippen LogP contribution in [0.4, 0.5) is 11.4 Å². The minimum absolute atomic E-state index is 0.127. The molecule has 7 heteroatoms. The maximum absolute atomic E-state index is 13.1. The van der Waals surface area contributed by atoms with E-state index in [1.807, 2.05) is 6.07 Å². The summed E-state index contributed by atoms with van der Waals surface area (Å²) in [6, 6.07) is 10.5. The van der Waals surface area contributed by atoms with E-state index in [2.05, 4.69) is 16.0 Å². The van der Waals surface area contributed by atoms with Gasteiger partial charge in [-0.25, -0.2) is 0 Å². The number of ketones is 2. The van der Waals surface area contributed by atoms with Gasteiger partial charge in [0.25, 0.3) is 0 Å². The van der Waals surface area contributed by atoms with Gasteiger partial charge in [-0.1, -0.05) is 24.3 Å². The van der Waals surface area contributed by atoms with Crippen LogP contribution in [0.25, 0.3) is 0 Å². The van der Waals surface area contributed by atoms with Gasteiger partial charge in [0.2, 0.25) is 0 Å². The van der Waals surface area contributed by atoms with Crippen molar-refractivity contribution >= 4 is 34.5 Å². The van der Waals surface area contributed by atoms with Crippen LogP contribution < -0.4 is 16.0 Å². The minimum Gasteiger partial charge on any atom is -0.388 e. The molecule has 4 N–H and O–H groups in total.